The molecule has 0 radical (unpaired) electrons. The van der Waals surface area contributed by atoms with Gasteiger partial charge in [-0.15, -0.1) is 13.2 Å². The summed E-state index contributed by atoms with van der Waals surface area (Å²) in [4.78, 5) is 28.5. The summed E-state index contributed by atoms with van der Waals surface area (Å²) < 4.78 is 42.4. The number of rotatable bonds is 9. The molecule has 1 aliphatic heterocycles. The van der Waals surface area contributed by atoms with Crippen molar-refractivity contribution in [1.82, 2.24) is 25.5 Å². The van der Waals surface area contributed by atoms with Crippen LogP contribution in [-0.2, 0) is 17.9 Å². The molecule has 5 rings (SSSR count). The molecule has 2 amide bonds. The normalized spacial score (nSPS) is 14.3. The second-order valence-electron chi connectivity index (χ2n) is 9.92. The van der Waals surface area contributed by atoms with Gasteiger partial charge in [-0.1, -0.05) is 60.4 Å². The van der Waals surface area contributed by atoms with Crippen LogP contribution in [0.2, 0.25) is 5.02 Å². The molecule has 0 fully saturated rings. The molecule has 2 atom stereocenters. The number of ether oxygens (including phenoxy) is 1. The number of aromatic nitrogens is 4. The Balaban J connectivity index is 1.43. The van der Waals surface area contributed by atoms with Gasteiger partial charge in [0.2, 0.25) is 11.9 Å². The van der Waals surface area contributed by atoms with Crippen LogP contribution in [0.15, 0.2) is 66.7 Å². The summed E-state index contributed by atoms with van der Waals surface area (Å²) in [6.45, 7) is 2.44. The second kappa shape index (κ2) is 12.2. The monoisotopic (exact) mass is 598 g/mol. The quantitative estimate of drug-likeness (QED) is 0.237. The van der Waals surface area contributed by atoms with Gasteiger partial charge in [0.05, 0.1) is 5.92 Å². The average Bonchev–Trinajstić information content (AvgIpc) is 3.62. The topological polar surface area (TPSA) is 113 Å². The highest BCUT2D eigenvalue weighted by Crippen LogP contribution is 2.40. The van der Waals surface area contributed by atoms with E-state index < -0.39 is 18.2 Å². The lowest BCUT2D eigenvalue weighted by atomic mass is 9.77. The van der Waals surface area contributed by atoms with Crippen LogP contribution in [-0.4, -0.2) is 43.7 Å². The van der Waals surface area contributed by atoms with Gasteiger partial charge >= 0.3 is 6.36 Å². The maximum Gasteiger partial charge on any atom is 0.573 e. The Labute approximate surface area is 244 Å². The van der Waals surface area contributed by atoms with Crippen LogP contribution in [0.3, 0.4) is 0 Å². The number of anilines is 1. The Bertz CT molecular complexity index is 1550. The first-order valence-corrected chi connectivity index (χ1v) is 13.6. The molecular weight excluding hydrogens is 573 g/mol. The standard InChI is InChI=1S/C29H26ClF3N6O3/c1-2-3-24(17-4-6-19(7-5-17)26(40)34-28-35-37-38-36-28)25(18-8-11-22(30)12-9-18)27(41)39-15-20-10-13-23(14-21(20)16-39)42-29(31,32)33/h4-14,24-25H,2-3,15-16H2,1H3,(H2,34,35,36,37,38,40). The highest BCUT2D eigenvalue weighted by atomic mass is 35.5. The van der Waals surface area contributed by atoms with E-state index in [1.165, 1.54) is 12.1 Å². The number of tetrazole rings is 1. The lowest BCUT2D eigenvalue weighted by Crippen LogP contribution is -2.34. The Kier molecular flexibility index (Phi) is 8.44. The lowest BCUT2D eigenvalue weighted by molar-refractivity contribution is -0.274. The number of carbonyl (C=O) groups is 2. The van der Waals surface area contributed by atoms with Crippen LogP contribution >= 0.6 is 11.6 Å². The van der Waals surface area contributed by atoms with E-state index in [0.29, 0.717) is 22.6 Å². The van der Waals surface area contributed by atoms with E-state index >= 15 is 0 Å². The van der Waals surface area contributed by atoms with E-state index in [0.717, 1.165) is 23.1 Å². The molecule has 4 aromatic rings. The average molecular weight is 599 g/mol. The Morgan fingerprint density at radius 3 is 2.36 bits per heavy atom. The van der Waals surface area contributed by atoms with E-state index in [4.69, 9.17) is 11.6 Å². The first-order valence-electron chi connectivity index (χ1n) is 13.2. The van der Waals surface area contributed by atoms with Crippen LogP contribution in [0.25, 0.3) is 0 Å². The number of hydrogen-bond acceptors (Lipinski definition) is 6. The molecule has 0 saturated carbocycles. The van der Waals surface area contributed by atoms with Gasteiger partial charge in [0.25, 0.3) is 5.91 Å². The van der Waals surface area contributed by atoms with Crippen molar-refractivity contribution in [3.63, 3.8) is 0 Å². The van der Waals surface area contributed by atoms with Crippen LogP contribution in [0, 0.1) is 0 Å². The number of nitrogens with one attached hydrogen (secondary N) is 2. The molecule has 9 nitrogen and oxygen atoms in total. The van der Waals surface area contributed by atoms with Crippen LogP contribution in [0.4, 0.5) is 19.1 Å². The molecular formula is C29H26ClF3N6O3. The van der Waals surface area contributed by atoms with E-state index in [-0.39, 0.29) is 36.6 Å². The van der Waals surface area contributed by atoms with Gasteiger partial charge < -0.3 is 9.64 Å². The maximum absolute atomic E-state index is 14.3. The van der Waals surface area contributed by atoms with Gasteiger partial charge in [0.1, 0.15) is 5.75 Å². The largest absolute Gasteiger partial charge is 0.573 e. The third-order valence-corrected chi connectivity index (χ3v) is 7.37. The van der Waals surface area contributed by atoms with Crippen molar-refractivity contribution in [2.75, 3.05) is 5.32 Å². The first kappa shape index (κ1) is 29.1. The molecule has 0 saturated heterocycles. The molecule has 2 unspecified atom stereocenters. The van der Waals surface area contributed by atoms with E-state index in [1.54, 1.807) is 35.2 Å². The number of H-pyrrole nitrogens is 1. The molecule has 2 N–H and O–H groups in total. The van der Waals surface area contributed by atoms with Crippen molar-refractivity contribution in [3.05, 3.63) is 99.6 Å². The summed E-state index contributed by atoms with van der Waals surface area (Å²) in [5, 5.41) is 16.1. The number of nitrogens with zero attached hydrogens (tertiary/aromatic N) is 4. The predicted molar refractivity (Wildman–Crippen MR) is 148 cm³/mol. The molecule has 13 heteroatoms. The highest BCUT2D eigenvalue weighted by molar-refractivity contribution is 6.30. The summed E-state index contributed by atoms with van der Waals surface area (Å²) in [6.07, 6.45) is -3.36. The van der Waals surface area contributed by atoms with Gasteiger partial charge in [-0.25, -0.2) is 5.10 Å². The first-order chi connectivity index (χ1) is 20.1. The maximum atomic E-state index is 14.3. The predicted octanol–water partition coefficient (Wildman–Crippen LogP) is 6.21. The number of benzene rings is 3. The van der Waals surface area contributed by atoms with Gasteiger partial charge in [0.15, 0.2) is 0 Å². The number of aromatic amines is 1. The molecule has 3 aromatic carbocycles. The molecule has 1 aromatic heterocycles. The van der Waals surface area contributed by atoms with Crippen molar-refractivity contribution in [3.8, 4) is 5.75 Å². The smallest absolute Gasteiger partial charge is 0.406 e. The molecule has 42 heavy (non-hydrogen) atoms. The Morgan fingerprint density at radius 1 is 1.02 bits per heavy atom. The van der Waals surface area contributed by atoms with Crippen LogP contribution in [0.1, 0.15) is 64.2 Å². The van der Waals surface area contributed by atoms with E-state index in [2.05, 4.69) is 30.7 Å². The zero-order valence-corrected chi connectivity index (χ0v) is 23.1. The number of hydrogen-bond donors (Lipinski definition) is 2. The fourth-order valence-electron chi connectivity index (χ4n) is 5.25. The lowest BCUT2D eigenvalue weighted by Gasteiger charge is -2.31. The van der Waals surface area contributed by atoms with E-state index in [1.807, 2.05) is 31.2 Å². The molecule has 0 aliphatic carbocycles. The highest BCUT2D eigenvalue weighted by Gasteiger charge is 2.37. The van der Waals surface area contributed by atoms with Gasteiger partial charge in [-0.2, -0.15) is 0 Å². The number of fused-ring (bicyclic) bond motifs is 1. The fourth-order valence-corrected chi connectivity index (χ4v) is 5.37. The summed E-state index contributed by atoms with van der Waals surface area (Å²) in [5.74, 6) is -1.64. The minimum Gasteiger partial charge on any atom is -0.406 e. The van der Waals surface area contributed by atoms with E-state index in [9.17, 15) is 22.8 Å². The van der Waals surface area contributed by atoms with Crippen LogP contribution < -0.4 is 10.1 Å². The summed E-state index contributed by atoms with van der Waals surface area (Å²) in [6, 6.07) is 18.2. The summed E-state index contributed by atoms with van der Waals surface area (Å²) in [7, 11) is 0. The number of carbonyl (C=O) groups excluding carboxylic acids is 2. The third-order valence-electron chi connectivity index (χ3n) is 7.12. The number of amides is 2. The van der Waals surface area contributed by atoms with Crippen LogP contribution in [0.5, 0.6) is 5.75 Å². The van der Waals surface area contributed by atoms with Gasteiger partial charge in [-0.05, 0) is 81.4 Å². The zero-order chi connectivity index (χ0) is 29.9. The Hall–Kier alpha value is -4.45. The Morgan fingerprint density at radius 2 is 1.71 bits per heavy atom. The van der Waals surface area contributed by atoms with Crippen molar-refractivity contribution in [2.24, 2.45) is 0 Å². The van der Waals surface area contributed by atoms with Crippen molar-refractivity contribution in [2.45, 2.75) is 51.1 Å². The molecule has 0 spiro atoms. The molecule has 218 valence electrons. The van der Waals surface area contributed by atoms with Crippen molar-refractivity contribution >= 4 is 29.4 Å². The van der Waals surface area contributed by atoms with Gasteiger partial charge in [0, 0.05) is 23.7 Å². The van der Waals surface area contributed by atoms with Crippen molar-refractivity contribution < 1.29 is 27.5 Å². The molecule has 1 aliphatic rings. The number of alkyl halides is 3. The minimum atomic E-state index is -4.81. The SMILES string of the molecule is CCCC(c1ccc(C(=O)Nc2nnn[nH]2)cc1)C(C(=O)N1Cc2ccc(OC(F)(F)F)cc2C1)c1ccc(Cl)cc1. The summed E-state index contributed by atoms with van der Waals surface area (Å²) in [5.41, 5.74) is 3.37. The summed E-state index contributed by atoms with van der Waals surface area (Å²) >= 11 is 6.16. The third kappa shape index (κ3) is 6.71. The second-order valence-corrected chi connectivity index (χ2v) is 10.4. The fraction of sp³-hybridized carbons (Fsp3) is 0.276. The van der Waals surface area contributed by atoms with Crippen molar-refractivity contribution in [1.29, 1.82) is 0 Å². The number of halogens is 4. The molecule has 0 bridgehead atoms. The zero-order valence-electron chi connectivity index (χ0n) is 22.4. The minimum absolute atomic E-state index is 0.116. The van der Waals surface area contributed by atoms with Gasteiger partial charge in [-0.3, -0.25) is 14.9 Å². The molecule has 2 heterocycles.